The fraction of sp³-hybridized carbons (Fsp3) is 0.132. The van der Waals surface area contributed by atoms with Gasteiger partial charge >= 0.3 is 0 Å². The van der Waals surface area contributed by atoms with Gasteiger partial charge in [0.05, 0.1) is 27.2 Å². The van der Waals surface area contributed by atoms with Crippen LogP contribution < -0.4 is 0 Å². The van der Waals surface area contributed by atoms with Crippen LogP contribution in [0.5, 0.6) is 0 Å². The molecule has 0 saturated heterocycles. The Balaban J connectivity index is 1.10. The summed E-state index contributed by atoms with van der Waals surface area (Å²) in [5.74, 6) is 0. The van der Waals surface area contributed by atoms with E-state index in [1.807, 2.05) is 0 Å². The normalized spacial score (nSPS) is 14.0. The molecule has 0 amide bonds. The first-order valence-electron chi connectivity index (χ1n) is 20.1. The Labute approximate surface area is 331 Å². The SMILES string of the molecule is C[Si](C)(C)C1([Si](C)(C)C)c2ccccc2-c2cc(-c3ccc4c(c3)c3cc(-c5ccc6c(c5)-c5cccc7cccc-6c57)ccc3n4-c3ccccc3)ccc21. The van der Waals surface area contributed by atoms with Gasteiger partial charge in [0.15, 0.2) is 0 Å². The molecule has 11 rings (SSSR count). The van der Waals surface area contributed by atoms with E-state index >= 15 is 0 Å². The predicted octanol–water partition coefficient (Wildman–Crippen LogP) is 14.9. The minimum atomic E-state index is -1.71. The van der Waals surface area contributed by atoms with Crippen LogP contribution in [0.2, 0.25) is 39.3 Å². The second-order valence-electron chi connectivity index (χ2n) is 18.2. The summed E-state index contributed by atoms with van der Waals surface area (Å²) in [6.45, 7) is 15.6. The fourth-order valence-corrected chi connectivity index (χ4v) is 24.5. The smallest absolute Gasteiger partial charge is 0.0579 e. The lowest BCUT2D eigenvalue weighted by molar-refractivity contribution is 0.952. The van der Waals surface area contributed by atoms with Gasteiger partial charge in [-0.1, -0.05) is 155 Å². The molecule has 56 heavy (non-hydrogen) atoms. The van der Waals surface area contributed by atoms with Crippen LogP contribution >= 0.6 is 0 Å². The number of hydrogen-bond acceptors (Lipinski definition) is 0. The van der Waals surface area contributed by atoms with E-state index < -0.39 is 16.1 Å². The lowest BCUT2D eigenvalue weighted by atomic mass is 9.95. The number of fused-ring (bicyclic) bond motifs is 9. The first kappa shape index (κ1) is 33.6. The van der Waals surface area contributed by atoms with E-state index in [4.69, 9.17) is 0 Å². The van der Waals surface area contributed by atoms with Gasteiger partial charge in [-0.05, 0) is 126 Å². The molecule has 2 aliphatic carbocycles. The second kappa shape index (κ2) is 11.6. The quantitative estimate of drug-likeness (QED) is 0.154. The molecule has 0 atom stereocenters. The number of benzene rings is 8. The monoisotopic (exact) mass is 751 g/mol. The highest BCUT2D eigenvalue weighted by Gasteiger charge is 2.59. The van der Waals surface area contributed by atoms with Gasteiger partial charge in [0, 0.05) is 21.1 Å². The molecule has 0 saturated carbocycles. The highest BCUT2D eigenvalue weighted by atomic mass is 28.4. The van der Waals surface area contributed by atoms with Gasteiger partial charge < -0.3 is 4.57 Å². The molecule has 0 aliphatic heterocycles. The number of rotatable bonds is 5. The third-order valence-electron chi connectivity index (χ3n) is 13.2. The van der Waals surface area contributed by atoms with Crippen LogP contribution in [0.15, 0.2) is 164 Å². The minimum absolute atomic E-state index is 0.154. The molecule has 0 unspecified atom stereocenters. The van der Waals surface area contributed by atoms with Crippen LogP contribution in [0.4, 0.5) is 0 Å². The zero-order valence-electron chi connectivity index (χ0n) is 33.0. The van der Waals surface area contributed by atoms with E-state index in [9.17, 15) is 0 Å². The standard InChI is InChI=1S/C53H45NSi2/c1-55(2,3)53(56(4,5)6)48-21-11-10-18-41(48)45-31-36(23-27-49(45)53)38-25-29-51-47(33-38)46-32-37(24-28-50(46)54(51)39-16-8-7-9-17-39)35-22-26-40-42-19-12-14-34-15-13-20-43(52(34)42)44(40)30-35/h7-33H,1-6H3. The molecule has 2 aliphatic rings. The summed E-state index contributed by atoms with van der Waals surface area (Å²) in [6.07, 6.45) is 0. The summed E-state index contributed by atoms with van der Waals surface area (Å²) in [5, 5.41) is 5.23. The van der Waals surface area contributed by atoms with E-state index in [2.05, 4.69) is 208 Å². The maximum Gasteiger partial charge on any atom is 0.0579 e. The Morgan fingerprint density at radius 2 is 0.875 bits per heavy atom. The minimum Gasteiger partial charge on any atom is -0.309 e. The average Bonchev–Trinajstić information content (AvgIpc) is 3.82. The lowest BCUT2D eigenvalue weighted by Crippen LogP contribution is -2.63. The highest BCUT2D eigenvalue weighted by molar-refractivity contribution is 6.99. The number of para-hydroxylation sites is 1. The van der Waals surface area contributed by atoms with Gasteiger partial charge in [-0.25, -0.2) is 0 Å². The molecule has 0 fully saturated rings. The number of hydrogen-bond donors (Lipinski definition) is 0. The van der Waals surface area contributed by atoms with Crippen LogP contribution in [0, 0.1) is 0 Å². The molecular weight excluding hydrogens is 707 g/mol. The first-order valence-corrected chi connectivity index (χ1v) is 27.1. The van der Waals surface area contributed by atoms with Gasteiger partial charge in [-0.2, -0.15) is 0 Å². The van der Waals surface area contributed by atoms with Crippen LogP contribution in [0.3, 0.4) is 0 Å². The van der Waals surface area contributed by atoms with Crippen molar-refractivity contribution >= 4 is 48.7 Å². The topological polar surface area (TPSA) is 4.93 Å². The van der Waals surface area contributed by atoms with E-state index in [0.717, 1.165) is 0 Å². The molecule has 1 nitrogen and oxygen atoms in total. The predicted molar refractivity (Wildman–Crippen MR) is 246 cm³/mol. The van der Waals surface area contributed by atoms with Gasteiger partial charge in [-0.3, -0.25) is 0 Å². The number of aromatic nitrogens is 1. The molecule has 0 bridgehead atoms. The molecular formula is C53H45NSi2. The Morgan fingerprint density at radius 3 is 1.52 bits per heavy atom. The van der Waals surface area contributed by atoms with Crippen LogP contribution in [0.1, 0.15) is 11.1 Å². The van der Waals surface area contributed by atoms with Crippen molar-refractivity contribution in [3.8, 4) is 61.3 Å². The van der Waals surface area contributed by atoms with E-state index in [1.54, 1.807) is 11.1 Å². The summed E-state index contributed by atoms with van der Waals surface area (Å²) in [7, 11) is -3.43. The van der Waals surface area contributed by atoms with Crippen LogP contribution in [0.25, 0.3) is 93.9 Å². The molecule has 270 valence electrons. The average molecular weight is 752 g/mol. The van der Waals surface area contributed by atoms with Crippen molar-refractivity contribution in [3.63, 3.8) is 0 Å². The Bertz CT molecular complexity index is 3080. The zero-order valence-corrected chi connectivity index (χ0v) is 35.0. The molecule has 3 heteroatoms. The van der Waals surface area contributed by atoms with Gasteiger partial charge in [0.2, 0.25) is 0 Å². The Kier molecular flexibility index (Phi) is 6.98. The molecule has 9 aromatic rings. The van der Waals surface area contributed by atoms with E-state index in [1.165, 1.54) is 93.9 Å². The summed E-state index contributed by atoms with van der Waals surface area (Å²) >= 11 is 0. The molecule has 1 heterocycles. The molecule has 0 spiro atoms. The maximum absolute atomic E-state index is 2.60. The van der Waals surface area contributed by atoms with Gasteiger partial charge in [0.1, 0.15) is 0 Å². The Morgan fingerprint density at radius 1 is 0.375 bits per heavy atom. The summed E-state index contributed by atoms with van der Waals surface area (Å²) in [5.41, 5.74) is 20.0. The third kappa shape index (κ3) is 4.47. The van der Waals surface area contributed by atoms with Crippen LogP contribution in [-0.2, 0) is 4.66 Å². The molecule has 8 aromatic carbocycles. The van der Waals surface area contributed by atoms with E-state index in [-0.39, 0.29) is 4.66 Å². The summed E-state index contributed by atoms with van der Waals surface area (Å²) in [4.78, 5) is 0. The third-order valence-corrected chi connectivity index (χ3v) is 23.3. The molecule has 1 aromatic heterocycles. The summed E-state index contributed by atoms with van der Waals surface area (Å²) < 4.78 is 2.59. The van der Waals surface area contributed by atoms with Gasteiger partial charge in [-0.15, -0.1) is 0 Å². The molecule has 0 N–H and O–H groups in total. The van der Waals surface area contributed by atoms with Crippen molar-refractivity contribution in [1.29, 1.82) is 0 Å². The van der Waals surface area contributed by atoms with Crippen molar-refractivity contribution in [2.24, 2.45) is 0 Å². The van der Waals surface area contributed by atoms with Crippen molar-refractivity contribution in [2.45, 2.75) is 43.9 Å². The lowest BCUT2D eigenvalue weighted by Gasteiger charge is -2.51. The summed E-state index contributed by atoms with van der Waals surface area (Å²) in [6, 6.07) is 62.3. The number of nitrogens with zero attached hydrogens (tertiary/aromatic N) is 1. The highest BCUT2D eigenvalue weighted by Crippen LogP contribution is 2.58. The van der Waals surface area contributed by atoms with E-state index in [0.29, 0.717) is 0 Å². The van der Waals surface area contributed by atoms with Gasteiger partial charge in [0.25, 0.3) is 0 Å². The van der Waals surface area contributed by atoms with Crippen molar-refractivity contribution in [3.05, 3.63) is 175 Å². The Hall–Kier alpha value is -5.75. The molecule has 0 radical (unpaired) electrons. The zero-order chi connectivity index (χ0) is 38.1. The largest absolute Gasteiger partial charge is 0.309 e. The van der Waals surface area contributed by atoms with Crippen molar-refractivity contribution in [2.75, 3.05) is 0 Å². The van der Waals surface area contributed by atoms with Crippen molar-refractivity contribution < 1.29 is 0 Å². The van der Waals surface area contributed by atoms with Crippen LogP contribution in [-0.4, -0.2) is 20.7 Å². The first-order chi connectivity index (χ1) is 27.0. The van der Waals surface area contributed by atoms with Crippen molar-refractivity contribution in [1.82, 2.24) is 4.57 Å². The maximum atomic E-state index is 2.60. The fourth-order valence-electron chi connectivity index (χ4n) is 11.4. The second-order valence-corrected chi connectivity index (χ2v) is 29.2.